The summed E-state index contributed by atoms with van der Waals surface area (Å²) in [6.07, 6.45) is 4.12. The van der Waals surface area contributed by atoms with Crippen LogP contribution >= 0.6 is 0 Å². The fourth-order valence-corrected chi connectivity index (χ4v) is 6.76. The van der Waals surface area contributed by atoms with Crippen LogP contribution in [0.5, 0.6) is 5.88 Å². The van der Waals surface area contributed by atoms with Crippen LogP contribution in [0.3, 0.4) is 0 Å². The van der Waals surface area contributed by atoms with Gasteiger partial charge in [0, 0.05) is 75.2 Å². The number of pyridine rings is 1. The standard InChI is InChI=1S/C31H37N5O6/c1-34-26-12-21(5-6-24(26)33-30(34)39)28(37)35-14-23-15-36(18-31(23,17-35)40-2)29(38)22-11-25(20-3-4-20)32-27(13-22)42-16-19-7-9-41-10-8-19/h5-6,11-13,19-20,23H,3-4,7-10,14-18H2,1-2H3,(H,33,39)/t23-,31+/m1/s1. The first kappa shape index (κ1) is 27.2. The topological polar surface area (TPSA) is 119 Å². The van der Waals surface area contributed by atoms with Crippen molar-refractivity contribution in [2.45, 2.75) is 37.2 Å². The molecule has 0 unspecified atom stereocenters. The van der Waals surface area contributed by atoms with Crippen LogP contribution in [-0.4, -0.2) is 94.9 Å². The lowest BCUT2D eigenvalue weighted by atomic mass is 9.95. The molecule has 42 heavy (non-hydrogen) atoms. The van der Waals surface area contributed by atoms with Crippen LogP contribution < -0.4 is 10.4 Å². The highest BCUT2D eigenvalue weighted by molar-refractivity contribution is 5.98. The Kier molecular flexibility index (Phi) is 6.81. The number of carbonyl (C=O) groups is 2. The van der Waals surface area contributed by atoms with Crippen molar-refractivity contribution in [1.82, 2.24) is 24.3 Å². The molecule has 3 aliphatic heterocycles. The van der Waals surface area contributed by atoms with Crippen molar-refractivity contribution in [1.29, 1.82) is 0 Å². The Balaban J connectivity index is 1.06. The van der Waals surface area contributed by atoms with Gasteiger partial charge in [-0.05, 0) is 55.9 Å². The summed E-state index contributed by atoms with van der Waals surface area (Å²) in [5.74, 6) is 1.17. The Morgan fingerprint density at radius 2 is 1.74 bits per heavy atom. The molecule has 1 aromatic carbocycles. The van der Waals surface area contributed by atoms with Gasteiger partial charge < -0.3 is 29.0 Å². The molecule has 3 aromatic rings. The summed E-state index contributed by atoms with van der Waals surface area (Å²) in [4.78, 5) is 50.6. The van der Waals surface area contributed by atoms with Gasteiger partial charge in [-0.1, -0.05) is 0 Å². The summed E-state index contributed by atoms with van der Waals surface area (Å²) in [7, 11) is 3.34. The molecule has 2 atom stereocenters. The number of amides is 2. The summed E-state index contributed by atoms with van der Waals surface area (Å²) in [5.41, 5.74) is 2.57. The van der Waals surface area contributed by atoms with Crippen LogP contribution in [0.15, 0.2) is 35.1 Å². The van der Waals surface area contributed by atoms with Crippen LogP contribution in [0.25, 0.3) is 11.0 Å². The van der Waals surface area contributed by atoms with Crippen molar-refractivity contribution < 1.29 is 23.8 Å². The number of nitrogens with one attached hydrogen (secondary N) is 1. The number of benzene rings is 1. The Bertz CT molecular complexity index is 1590. The third-order valence-electron chi connectivity index (χ3n) is 9.55. The van der Waals surface area contributed by atoms with E-state index in [-0.39, 0.29) is 23.4 Å². The van der Waals surface area contributed by atoms with E-state index in [0.717, 1.165) is 44.6 Å². The first-order valence-electron chi connectivity index (χ1n) is 14.9. The molecule has 7 rings (SSSR count). The van der Waals surface area contributed by atoms with Gasteiger partial charge in [0.05, 0.1) is 30.7 Å². The summed E-state index contributed by atoms with van der Waals surface area (Å²) in [6, 6.07) is 8.96. The lowest BCUT2D eigenvalue weighted by Crippen LogP contribution is -2.44. The number of ether oxygens (including phenoxy) is 3. The van der Waals surface area contributed by atoms with Gasteiger partial charge in [0.1, 0.15) is 5.60 Å². The fourth-order valence-electron chi connectivity index (χ4n) is 6.76. The second-order valence-corrected chi connectivity index (χ2v) is 12.3. The van der Waals surface area contributed by atoms with Crippen molar-refractivity contribution in [3.05, 3.63) is 57.6 Å². The van der Waals surface area contributed by atoms with Gasteiger partial charge in [-0.3, -0.25) is 14.2 Å². The second-order valence-electron chi connectivity index (χ2n) is 12.3. The normalized spacial score (nSPS) is 24.4. The molecule has 2 amide bonds. The minimum Gasteiger partial charge on any atom is -0.477 e. The third-order valence-corrected chi connectivity index (χ3v) is 9.55. The molecule has 2 aromatic heterocycles. The van der Waals surface area contributed by atoms with E-state index < -0.39 is 5.60 Å². The number of carbonyl (C=O) groups excluding carboxylic acids is 2. The van der Waals surface area contributed by atoms with Gasteiger partial charge in [0.25, 0.3) is 11.8 Å². The quantitative estimate of drug-likeness (QED) is 0.460. The zero-order chi connectivity index (χ0) is 29.0. The molecule has 1 aliphatic carbocycles. The van der Waals surface area contributed by atoms with E-state index in [9.17, 15) is 14.4 Å². The van der Waals surface area contributed by atoms with Gasteiger partial charge >= 0.3 is 5.69 Å². The van der Waals surface area contributed by atoms with E-state index in [1.54, 1.807) is 38.4 Å². The van der Waals surface area contributed by atoms with Crippen molar-refractivity contribution in [2.24, 2.45) is 18.9 Å². The third kappa shape index (κ3) is 4.88. The maximum atomic E-state index is 13.8. The van der Waals surface area contributed by atoms with Gasteiger partial charge in [-0.25, -0.2) is 9.78 Å². The first-order valence-corrected chi connectivity index (χ1v) is 14.9. The number of imidazole rings is 1. The predicted octanol–water partition coefficient (Wildman–Crippen LogP) is 2.56. The van der Waals surface area contributed by atoms with Gasteiger partial charge in [-0.2, -0.15) is 0 Å². The zero-order valence-electron chi connectivity index (χ0n) is 24.1. The number of aryl methyl sites for hydroxylation is 1. The number of aromatic nitrogens is 3. The van der Waals surface area contributed by atoms with Crippen molar-refractivity contribution >= 4 is 22.8 Å². The van der Waals surface area contributed by atoms with E-state index in [0.29, 0.717) is 72.7 Å². The summed E-state index contributed by atoms with van der Waals surface area (Å²) in [5, 5.41) is 0. The highest BCUT2D eigenvalue weighted by Gasteiger charge is 2.55. The summed E-state index contributed by atoms with van der Waals surface area (Å²) < 4.78 is 19.2. The zero-order valence-corrected chi connectivity index (χ0v) is 24.1. The number of likely N-dealkylation sites (tertiary alicyclic amines) is 2. The smallest absolute Gasteiger partial charge is 0.326 e. The minimum atomic E-state index is -0.634. The molecule has 0 radical (unpaired) electrons. The number of hydrogen-bond acceptors (Lipinski definition) is 7. The maximum absolute atomic E-state index is 13.8. The van der Waals surface area contributed by atoms with Gasteiger partial charge in [0.15, 0.2) is 0 Å². The monoisotopic (exact) mass is 575 g/mol. The molecule has 11 nitrogen and oxygen atoms in total. The van der Waals surface area contributed by atoms with Crippen LogP contribution in [0, 0.1) is 11.8 Å². The predicted molar refractivity (Wildman–Crippen MR) is 154 cm³/mol. The molecular weight excluding hydrogens is 538 g/mol. The van der Waals surface area contributed by atoms with E-state index >= 15 is 0 Å². The molecule has 4 aliphatic rings. The van der Waals surface area contributed by atoms with Crippen molar-refractivity contribution in [3.8, 4) is 5.88 Å². The molecule has 11 heteroatoms. The summed E-state index contributed by atoms with van der Waals surface area (Å²) >= 11 is 0. The van der Waals surface area contributed by atoms with Crippen molar-refractivity contribution in [2.75, 3.05) is 53.1 Å². The van der Waals surface area contributed by atoms with E-state index in [2.05, 4.69) is 4.98 Å². The number of H-pyrrole nitrogens is 1. The highest BCUT2D eigenvalue weighted by atomic mass is 16.5. The molecule has 4 fully saturated rings. The SMILES string of the molecule is CO[C@@]12CN(C(=O)c3cc(OCC4CCOCC4)nc(C4CC4)c3)C[C@H]1CN(C(=O)c1ccc3[nH]c(=O)n(C)c3c1)C2. The number of aromatic amines is 1. The number of rotatable bonds is 7. The molecule has 3 saturated heterocycles. The summed E-state index contributed by atoms with van der Waals surface area (Å²) in [6.45, 7) is 3.89. The number of fused-ring (bicyclic) bond motifs is 2. The van der Waals surface area contributed by atoms with E-state index in [1.807, 2.05) is 15.9 Å². The molecule has 5 heterocycles. The molecule has 222 valence electrons. The van der Waals surface area contributed by atoms with E-state index in [4.69, 9.17) is 19.2 Å². The van der Waals surface area contributed by atoms with Gasteiger partial charge in [0.2, 0.25) is 5.88 Å². The number of methoxy groups -OCH3 is 1. The maximum Gasteiger partial charge on any atom is 0.326 e. The molecule has 0 bridgehead atoms. The molecular formula is C31H37N5O6. The van der Waals surface area contributed by atoms with Crippen LogP contribution in [0.4, 0.5) is 0 Å². The van der Waals surface area contributed by atoms with Crippen LogP contribution in [0.1, 0.15) is 58.0 Å². The average molecular weight is 576 g/mol. The Labute approximate surface area is 243 Å². The molecule has 1 N–H and O–H groups in total. The lowest BCUT2D eigenvalue weighted by Gasteiger charge is -2.28. The van der Waals surface area contributed by atoms with Crippen LogP contribution in [0.2, 0.25) is 0 Å². The molecule has 1 saturated carbocycles. The number of nitrogens with zero attached hydrogens (tertiary/aromatic N) is 4. The van der Waals surface area contributed by atoms with E-state index in [1.165, 1.54) is 4.57 Å². The lowest BCUT2D eigenvalue weighted by molar-refractivity contribution is -0.0111. The largest absolute Gasteiger partial charge is 0.477 e. The minimum absolute atomic E-state index is 0.00951. The molecule has 0 spiro atoms. The Morgan fingerprint density at radius 1 is 1.02 bits per heavy atom. The Morgan fingerprint density at radius 3 is 2.40 bits per heavy atom. The Hall–Kier alpha value is -3.70. The van der Waals surface area contributed by atoms with Crippen LogP contribution in [-0.2, 0) is 16.5 Å². The average Bonchev–Trinajstić information content (AvgIpc) is 3.64. The van der Waals surface area contributed by atoms with Crippen molar-refractivity contribution in [3.63, 3.8) is 0 Å². The second kappa shape index (κ2) is 10.5. The highest BCUT2D eigenvalue weighted by Crippen LogP contribution is 2.42. The number of hydrogen-bond donors (Lipinski definition) is 1. The fraction of sp³-hybridized carbons (Fsp3) is 0.548. The van der Waals surface area contributed by atoms with Gasteiger partial charge in [-0.15, -0.1) is 0 Å². The first-order chi connectivity index (χ1) is 20.3.